The van der Waals surface area contributed by atoms with E-state index in [1.54, 1.807) is 0 Å². The first-order valence-electron chi connectivity index (χ1n) is 6.32. The first kappa shape index (κ1) is 13.5. The van der Waals surface area contributed by atoms with Gasteiger partial charge in [-0.2, -0.15) is 0 Å². The molecule has 0 aromatic heterocycles. The first-order chi connectivity index (χ1) is 8.47. The van der Waals surface area contributed by atoms with Crippen molar-refractivity contribution in [3.8, 4) is 0 Å². The van der Waals surface area contributed by atoms with Crippen LogP contribution in [-0.2, 0) is 13.8 Å². The smallest absolute Gasteiger partial charge is 0.220 e. The average molecular weight is 269 g/mol. The Morgan fingerprint density at radius 1 is 1.33 bits per heavy atom. The highest BCUT2D eigenvalue weighted by Gasteiger charge is 2.43. The normalized spacial score (nSPS) is 28.9. The summed E-state index contributed by atoms with van der Waals surface area (Å²) in [7, 11) is 0. The molecule has 1 aliphatic heterocycles. The maximum atomic E-state index is 12.3. The van der Waals surface area contributed by atoms with Gasteiger partial charge >= 0.3 is 0 Å². The van der Waals surface area contributed by atoms with Crippen molar-refractivity contribution < 1.29 is 13.8 Å². The Morgan fingerprint density at radius 2 is 2.06 bits per heavy atom. The zero-order valence-corrected chi connectivity index (χ0v) is 11.7. The maximum absolute atomic E-state index is 12.3. The molecular formula is C13H19NO3S. The number of nitrogens with one attached hydrogen (secondary N) is 1. The quantitative estimate of drug-likeness (QED) is 0.595. The molecule has 100 valence electrons. The van der Waals surface area contributed by atoms with Crippen LogP contribution in [0.5, 0.6) is 0 Å². The van der Waals surface area contributed by atoms with Crippen LogP contribution in [-0.4, -0.2) is 18.2 Å². The Hall–Kier alpha value is -0.970. The SMILES string of the molecule is CC(C)C1=C(OS)CC2(CCC(=O)NC2)CC1=O. The lowest BCUT2D eigenvalue weighted by Gasteiger charge is -2.40. The minimum absolute atomic E-state index is 0.0695. The molecule has 1 atom stereocenters. The van der Waals surface area contributed by atoms with E-state index in [1.165, 1.54) is 0 Å². The van der Waals surface area contributed by atoms with Crippen LogP contribution in [0.2, 0.25) is 0 Å². The fourth-order valence-corrected chi connectivity index (χ4v) is 3.12. The highest BCUT2D eigenvalue weighted by Crippen LogP contribution is 2.44. The van der Waals surface area contributed by atoms with E-state index in [2.05, 4.69) is 18.2 Å². The van der Waals surface area contributed by atoms with Crippen LogP contribution in [0.4, 0.5) is 0 Å². The second-order valence-electron chi connectivity index (χ2n) is 5.64. The van der Waals surface area contributed by atoms with Gasteiger partial charge in [0.15, 0.2) is 5.78 Å². The predicted octanol–water partition coefficient (Wildman–Crippen LogP) is 2.02. The summed E-state index contributed by atoms with van der Waals surface area (Å²) in [5, 5.41) is 2.86. The predicted molar refractivity (Wildman–Crippen MR) is 70.9 cm³/mol. The van der Waals surface area contributed by atoms with Crippen molar-refractivity contribution in [2.45, 2.75) is 39.5 Å². The number of rotatable bonds is 2. The number of allylic oxidation sites excluding steroid dienone is 2. The molecular weight excluding hydrogens is 250 g/mol. The second kappa shape index (κ2) is 4.96. The van der Waals surface area contributed by atoms with Crippen molar-refractivity contribution in [3.05, 3.63) is 11.3 Å². The molecule has 0 aromatic carbocycles. The molecule has 1 fully saturated rings. The standard InChI is InChI=1S/C13H19NO3S/c1-8(2)12-9(15)5-13(6-10(12)17-18)4-3-11(16)14-7-13/h8,18H,3-7H2,1-2H3,(H,14,16). The molecule has 1 unspecified atom stereocenters. The van der Waals surface area contributed by atoms with Crippen molar-refractivity contribution in [3.63, 3.8) is 0 Å². The van der Waals surface area contributed by atoms with Gasteiger partial charge in [0.2, 0.25) is 5.91 Å². The second-order valence-corrected chi connectivity index (χ2v) is 5.82. The van der Waals surface area contributed by atoms with E-state index in [4.69, 9.17) is 4.18 Å². The molecule has 1 spiro atoms. The molecule has 1 amide bonds. The zero-order chi connectivity index (χ0) is 13.3. The van der Waals surface area contributed by atoms with Gasteiger partial charge in [-0.1, -0.05) is 13.8 Å². The summed E-state index contributed by atoms with van der Waals surface area (Å²) in [6, 6.07) is 0. The maximum Gasteiger partial charge on any atom is 0.220 e. The Morgan fingerprint density at radius 3 is 2.56 bits per heavy atom. The van der Waals surface area contributed by atoms with E-state index in [1.807, 2.05) is 13.8 Å². The lowest BCUT2D eigenvalue weighted by atomic mass is 9.68. The molecule has 1 N–H and O–H groups in total. The Balaban J connectivity index is 2.26. The van der Waals surface area contributed by atoms with Gasteiger partial charge in [-0.25, -0.2) is 0 Å². The van der Waals surface area contributed by atoms with Crippen molar-refractivity contribution in [1.82, 2.24) is 5.32 Å². The molecule has 4 nitrogen and oxygen atoms in total. The third-order valence-corrected chi connectivity index (χ3v) is 4.12. The topological polar surface area (TPSA) is 55.4 Å². The Bertz CT molecular complexity index is 404. The van der Waals surface area contributed by atoms with E-state index in [9.17, 15) is 9.59 Å². The van der Waals surface area contributed by atoms with Crippen molar-refractivity contribution >= 4 is 24.6 Å². The summed E-state index contributed by atoms with van der Waals surface area (Å²) in [5.41, 5.74) is 0.592. The lowest BCUT2D eigenvalue weighted by Crippen LogP contribution is -2.46. The number of carbonyl (C=O) groups is 2. The number of piperidine rings is 1. The first-order valence-corrected chi connectivity index (χ1v) is 6.68. The van der Waals surface area contributed by atoms with Gasteiger partial charge in [-0.3, -0.25) is 9.59 Å². The molecule has 2 aliphatic rings. The van der Waals surface area contributed by atoms with Gasteiger partial charge in [0.1, 0.15) is 5.76 Å². The minimum Gasteiger partial charge on any atom is -0.433 e. The van der Waals surface area contributed by atoms with Crippen molar-refractivity contribution in [2.75, 3.05) is 6.54 Å². The Labute approximate surface area is 113 Å². The largest absolute Gasteiger partial charge is 0.433 e. The van der Waals surface area contributed by atoms with Crippen LogP contribution >= 0.6 is 12.9 Å². The zero-order valence-electron chi connectivity index (χ0n) is 10.8. The third kappa shape index (κ3) is 2.41. The highest BCUT2D eigenvalue weighted by atomic mass is 32.1. The van der Waals surface area contributed by atoms with Crippen LogP contribution in [0.15, 0.2) is 11.3 Å². The number of thiol groups is 1. The number of hydrogen-bond donors (Lipinski definition) is 2. The number of carbonyl (C=O) groups excluding carboxylic acids is 2. The summed E-state index contributed by atoms with van der Waals surface area (Å²) < 4.78 is 5.13. The number of ketones is 1. The molecule has 1 saturated heterocycles. The molecule has 0 saturated carbocycles. The summed E-state index contributed by atoms with van der Waals surface area (Å²) >= 11 is 3.88. The van der Waals surface area contributed by atoms with E-state index < -0.39 is 0 Å². The molecule has 1 heterocycles. The highest BCUT2D eigenvalue weighted by molar-refractivity contribution is 7.75. The van der Waals surface area contributed by atoms with Crippen LogP contribution < -0.4 is 5.32 Å². The molecule has 2 rings (SSSR count). The number of amides is 1. The summed E-state index contributed by atoms with van der Waals surface area (Å²) in [5.74, 6) is 1.03. The van der Waals surface area contributed by atoms with Gasteiger partial charge in [-0.15, -0.1) is 0 Å². The fraction of sp³-hybridized carbons (Fsp3) is 0.692. The fourth-order valence-electron chi connectivity index (χ4n) is 2.96. The van der Waals surface area contributed by atoms with Crippen LogP contribution in [0.1, 0.15) is 39.5 Å². The Kier molecular flexibility index (Phi) is 3.71. The van der Waals surface area contributed by atoms with E-state index >= 15 is 0 Å². The lowest BCUT2D eigenvalue weighted by molar-refractivity contribution is -0.127. The monoisotopic (exact) mass is 269 g/mol. The molecule has 0 aromatic rings. The van der Waals surface area contributed by atoms with Gasteiger partial charge in [0.05, 0.1) is 0 Å². The molecule has 5 heteroatoms. The number of Topliss-reactive ketones (excluding diaryl/α,β-unsaturated/α-hetero) is 1. The van der Waals surface area contributed by atoms with Crippen molar-refractivity contribution in [2.24, 2.45) is 11.3 Å². The van der Waals surface area contributed by atoms with Crippen LogP contribution in [0.3, 0.4) is 0 Å². The minimum atomic E-state index is -0.165. The molecule has 1 aliphatic carbocycles. The van der Waals surface area contributed by atoms with Crippen LogP contribution in [0, 0.1) is 11.3 Å². The summed E-state index contributed by atoms with van der Waals surface area (Å²) in [6.45, 7) is 4.53. The van der Waals surface area contributed by atoms with Gasteiger partial charge < -0.3 is 9.50 Å². The number of hydrogen-bond acceptors (Lipinski definition) is 4. The third-order valence-electron chi connectivity index (χ3n) is 3.90. The van der Waals surface area contributed by atoms with Gasteiger partial charge in [0, 0.05) is 49.7 Å². The molecule has 18 heavy (non-hydrogen) atoms. The van der Waals surface area contributed by atoms with Gasteiger partial charge in [-0.05, 0) is 12.3 Å². The van der Waals surface area contributed by atoms with Gasteiger partial charge in [0.25, 0.3) is 0 Å². The molecule has 0 bridgehead atoms. The van der Waals surface area contributed by atoms with Crippen LogP contribution in [0.25, 0.3) is 0 Å². The van der Waals surface area contributed by atoms with E-state index in [0.717, 1.165) is 12.0 Å². The molecule has 0 radical (unpaired) electrons. The van der Waals surface area contributed by atoms with Crippen molar-refractivity contribution in [1.29, 1.82) is 0 Å². The summed E-state index contributed by atoms with van der Waals surface area (Å²) in [4.78, 5) is 23.5. The van der Waals surface area contributed by atoms with E-state index in [-0.39, 0.29) is 23.0 Å². The van der Waals surface area contributed by atoms with E-state index in [0.29, 0.717) is 31.6 Å². The summed E-state index contributed by atoms with van der Waals surface area (Å²) in [6.07, 6.45) is 2.43. The average Bonchev–Trinajstić information content (AvgIpc) is 2.32.